The smallest absolute Gasteiger partial charge is 0.408 e. The van der Waals surface area contributed by atoms with Crippen molar-refractivity contribution in [2.24, 2.45) is 5.92 Å². The number of nitrogens with one attached hydrogen (secondary N) is 2. The monoisotopic (exact) mass is 582 g/mol. The zero-order valence-electron chi connectivity index (χ0n) is 24.5. The summed E-state index contributed by atoms with van der Waals surface area (Å²) in [4.78, 5) is 58.0. The van der Waals surface area contributed by atoms with Crippen LogP contribution < -0.4 is 15.4 Å². The van der Waals surface area contributed by atoms with Crippen molar-refractivity contribution in [3.05, 3.63) is 49.2 Å². The van der Waals surface area contributed by atoms with E-state index in [1.165, 1.54) is 18.1 Å². The summed E-state index contributed by atoms with van der Waals surface area (Å²) in [5.41, 5.74) is -1.58. The summed E-state index contributed by atoms with van der Waals surface area (Å²) < 4.78 is 17.1. The third-order valence-electron chi connectivity index (χ3n) is 7.56. The molecule has 4 rings (SSSR count). The standard InChI is InChI=1S/C30H38N4O8/c1-7-18-15-30(18,27(37)38)33-25(35)22-14-19(41-23-12-13-31-21-11-9-8-10-20(21)23)16-34(22)26(36)24(17(2)40-6)32-28(39)42-29(3,4)5/h7-13,17-19,22,24H,1,14-16H2,2-6H3,(H,32,39)(H,33,35)(H,37,38)/t17-,18?,19-,22+,24+,30?/m1/s1. The number of hydrogen-bond acceptors (Lipinski definition) is 8. The van der Waals surface area contributed by atoms with Crippen LogP contribution in [0.15, 0.2) is 49.2 Å². The molecule has 2 heterocycles. The second kappa shape index (κ2) is 12.0. The zero-order chi connectivity index (χ0) is 30.8. The highest BCUT2D eigenvalue weighted by Gasteiger charge is 2.61. The fourth-order valence-corrected chi connectivity index (χ4v) is 5.17. The Kier molecular flexibility index (Phi) is 8.76. The maximum Gasteiger partial charge on any atom is 0.408 e. The van der Waals surface area contributed by atoms with Crippen molar-refractivity contribution < 1.29 is 38.5 Å². The topological polar surface area (TPSA) is 156 Å². The quantitative estimate of drug-likeness (QED) is 0.358. The number of pyridine rings is 1. The van der Waals surface area contributed by atoms with Gasteiger partial charge in [-0.15, -0.1) is 6.58 Å². The van der Waals surface area contributed by atoms with Gasteiger partial charge in [0.1, 0.15) is 35.1 Å². The molecule has 0 bridgehead atoms. The van der Waals surface area contributed by atoms with Crippen LogP contribution in [0, 0.1) is 5.92 Å². The number of methoxy groups -OCH3 is 1. The van der Waals surface area contributed by atoms with Crippen molar-refractivity contribution in [1.82, 2.24) is 20.5 Å². The highest BCUT2D eigenvalue weighted by Crippen LogP contribution is 2.45. The van der Waals surface area contributed by atoms with E-state index in [4.69, 9.17) is 14.2 Å². The van der Waals surface area contributed by atoms with Gasteiger partial charge in [-0.1, -0.05) is 18.2 Å². The molecule has 2 aromatic rings. The third-order valence-corrected chi connectivity index (χ3v) is 7.56. The van der Waals surface area contributed by atoms with Gasteiger partial charge in [0.15, 0.2) is 0 Å². The molecule has 1 aromatic heterocycles. The molecule has 42 heavy (non-hydrogen) atoms. The van der Waals surface area contributed by atoms with E-state index in [1.54, 1.807) is 40.0 Å². The van der Waals surface area contributed by atoms with E-state index in [1.807, 2.05) is 24.3 Å². The zero-order valence-corrected chi connectivity index (χ0v) is 24.5. The molecule has 1 saturated carbocycles. The predicted molar refractivity (Wildman–Crippen MR) is 153 cm³/mol. The summed E-state index contributed by atoms with van der Waals surface area (Å²) in [6, 6.07) is 6.85. The molecule has 0 radical (unpaired) electrons. The van der Waals surface area contributed by atoms with Crippen LogP contribution in [0.3, 0.4) is 0 Å². The Labute approximate surface area is 244 Å². The van der Waals surface area contributed by atoms with Crippen molar-refractivity contribution in [3.63, 3.8) is 0 Å². The first-order valence-corrected chi connectivity index (χ1v) is 13.8. The highest BCUT2D eigenvalue weighted by atomic mass is 16.6. The Morgan fingerprint density at radius 2 is 1.93 bits per heavy atom. The fourth-order valence-electron chi connectivity index (χ4n) is 5.17. The maximum atomic E-state index is 14.0. The lowest BCUT2D eigenvalue weighted by Crippen LogP contribution is -2.59. The first kappa shape index (κ1) is 30.8. The van der Waals surface area contributed by atoms with Gasteiger partial charge in [0.2, 0.25) is 11.8 Å². The normalized spacial score (nSPS) is 24.8. The van der Waals surface area contributed by atoms with Crippen LogP contribution in [0.2, 0.25) is 0 Å². The molecular formula is C30H38N4O8. The summed E-state index contributed by atoms with van der Waals surface area (Å²) in [7, 11) is 1.40. The first-order chi connectivity index (χ1) is 19.8. The fraction of sp³-hybridized carbons (Fsp3) is 0.500. The van der Waals surface area contributed by atoms with Crippen molar-refractivity contribution >= 4 is 34.8 Å². The van der Waals surface area contributed by atoms with Gasteiger partial charge in [-0.05, 0) is 52.3 Å². The summed E-state index contributed by atoms with van der Waals surface area (Å²) in [5, 5.41) is 15.8. The highest BCUT2D eigenvalue weighted by molar-refractivity contribution is 5.96. The number of likely N-dealkylation sites (tertiary alicyclic amines) is 1. The Morgan fingerprint density at radius 3 is 2.55 bits per heavy atom. The van der Waals surface area contributed by atoms with Crippen LogP contribution in [0.5, 0.6) is 5.75 Å². The molecule has 2 fully saturated rings. The van der Waals surface area contributed by atoms with Crippen LogP contribution in [0.4, 0.5) is 4.79 Å². The number of ether oxygens (including phenoxy) is 3. The second-order valence-corrected chi connectivity index (χ2v) is 11.7. The molecule has 2 aliphatic rings. The molecule has 3 N–H and O–H groups in total. The summed E-state index contributed by atoms with van der Waals surface area (Å²) in [5.74, 6) is -2.31. The van der Waals surface area contributed by atoms with Gasteiger partial charge in [0.05, 0.1) is 18.2 Å². The largest absolute Gasteiger partial charge is 0.488 e. The minimum atomic E-state index is -1.48. The number of fused-ring (bicyclic) bond motifs is 1. The molecule has 1 saturated heterocycles. The minimum Gasteiger partial charge on any atom is -0.488 e. The van der Waals surface area contributed by atoms with Gasteiger partial charge >= 0.3 is 12.1 Å². The lowest BCUT2D eigenvalue weighted by atomic mass is 10.1. The van der Waals surface area contributed by atoms with E-state index in [0.29, 0.717) is 5.75 Å². The average molecular weight is 583 g/mol. The molecular weight excluding hydrogens is 544 g/mol. The Balaban J connectivity index is 1.62. The molecule has 226 valence electrons. The Bertz CT molecular complexity index is 1370. The minimum absolute atomic E-state index is 0.00145. The molecule has 12 nitrogen and oxygen atoms in total. The molecule has 1 aliphatic carbocycles. The van der Waals surface area contributed by atoms with E-state index in [0.717, 1.165) is 10.9 Å². The van der Waals surface area contributed by atoms with E-state index >= 15 is 0 Å². The number of rotatable bonds is 10. The second-order valence-electron chi connectivity index (χ2n) is 11.7. The predicted octanol–water partition coefficient (Wildman–Crippen LogP) is 2.66. The molecule has 12 heteroatoms. The SMILES string of the molecule is C=CC1CC1(NC(=O)[C@@H]1C[C@@H](Oc2ccnc3ccccc23)CN1C(=O)[C@@H](NC(=O)OC(C)(C)C)[C@@H](C)OC)C(=O)O. The number of aromatic nitrogens is 1. The number of alkyl carbamates (subject to hydrolysis) is 1. The molecule has 1 aromatic carbocycles. The van der Waals surface area contributed by atoms with E-state index in [9.17, 15) is 24.3 Å². The number of carboxylic acids is 1. The Morgan fingerprint density at radius 1 is 1.21 bits per heavy atom. The third kappa shape index (κ3) is 6.48. The van der Waals surface area contributed by atoms with Crippen LogP contribution >= 0.6 is 0 Å². The molecule has 3 amide bonds. The average Bonchev–Trinajstić information content (AvgIpc) is 3.50. The molecule has 1 aliphatic heterocycles. The lowest BCUT2D eigenvalue weighted by Gasteiger charge is -2.32. The van der Waals surface area contributed by atoms with Gasteiger partial charge in [-0.2, -0.15) is 0 Å². The lowest BCUT2D eigenvalue weighted by molar-refractivity contribution is -0.146. The van der Waals surface area contributed by atoms with Gasteiger partial charge in [-0.3, -0.25) is 14.6 Å². The number of carboxylic acid groups (broad SMARTS) is 1. The van der Waals surface area contributed by atoms with Crippen molar-refractivity contribution in [2.45, 2.75) is 76.0 Å². The van der Waals surface area contributed by atoms with Crippen LogP contribution in [-0.4, -0.2) is 88.0 Å². The number of aliphatic carboxylic acids is 1. The summed E-state index contributed by atoms with van der Waals surface area (Å²) >= 11 is 0. The van der Waals surface area contributed by atoms with E-state index in [-0.39, 0.29) is 19.4 Å². The van der Waals surface area contributed by atoms with Crippen LogP contribution in [-0.2, 0) is 23.9 Å². The number of amides is 3. The van der Waals surface area contributed by atoms with Crippen molar-refractivity contribution in [2.75, 3.05) is 13.7 Å². The van der Waals surface area contributed by atoms with E-state index < -0.39 is 65.2 Å². The summed E-state index contributed by atoms with van der Waals surface area (Å²) in [6.45, 7) is 10.4. The first-order valence-electron chi connectivity index (χ1n) is 13.8. The van der Waals surface area contributed by atoms with Crippen LogP contribution in [0.25, 0.3) is 10.9 Å². The number of nitrogens with zero attached hydrogens (tertiary/aromatic N) is 2. The van der Waals surface area contributed by atoms with Crippen molar-refractivity contribution in [1.29, 1.82) is 0 Å². The van der Waals surface area contributed by atoms with Crippen molar-refractivity contribution in [3.8, 4) is 5.75 Å². The summed E-state index contributed by atoms with van der Waals surface area (Å²) in [6.07, 6.45) is 1.17. The molecule has 2 unspecified atom stereocenters. The molecule has 0 spiro atoms. The number of para-hydroxylation sites is 1. The van der Waals surface area contributed by atoms with E-state index in [2.05, 4.69) is 22.2 Å². The number of carbonyl (C=O) groups is 4. The number of hydrogen-bond donors (Lipinski definition) is 3. The number of benzene rings is 1. The maximum absolute atomic E-state index is 14.0. The van der Waals surface area contributed by atoms with Gasteiger partial charge < -0.3 is 34.9 Å². The number of carbonyl (C=O) groups excluding carboxylic acids is 3. The van der Waals surface area contributed by atoms with Crippen LogP contribution in [0.1, 0.15) is 40.5 Å². The molecule has 6 atom stereocenters. The van der Waals surface area contributed by atoms with Gasteiger partial charge in [0, 0.05) is 31.0 Å². The van der Waals surface area contributed by atoms with Gasteiger partial charge in [0.25, 0.3) is 0 Å². The van der Waals surface area contributed by atoms with Gasteiger partial charge in [-0.25, -0.2) is 9.59 Å². The Hall–Kier alpha value is -4.19.